The van der Waals surface area contributed by atoms with E-state index in [0.29, 0.717) is 13.0 Å². The van der Waals surface area contributed by atoms with Crippen LogP contribution in [0.3, 0.4) is 0 Å². The number of primary amides is 1. The van der Waals surface area contributed by atoms with E-state index < -0.39 is 0 Å². The maximum Gasteiger partial charge on any atom is 0.231 e. The second-order valence-corrected chi connectivity index (χ2v) is 2.73. The number of aryl methyl sites for hydroxylation is 1. The summed E-state index contributed by atoms with van der Waals surface area (Å²) in [4.78, 5) is 14.4. The van der Waals surface area contributed by atoms with E-state index >= 15 is 0 Å². The summed E-state index contributed by atoms with van der Waals surface area (Å²) >= 11 is 0. The zero-order valence-electron chi connectivity index (χ0n) is 7.53. The summed E-state index contributed by atoms with van der Waals surface area (Å²) in [5, 5.41) is 6.96. The molecule has 0 atom stereocenters. The van der Waals surface area contributed by atoms with Crippen molar-refractivity contribution in [2.45, 2.75) is 6.42 Å². The fourth-order valence-electron chi connectivity index (χ4n) is 0.910. The van der Waals surface area contributed by atoms with Gasteiger partial charge in [0, 0.05) is 20.0 Å². The zero-order chi connectivity index (χ0) is 9.68. The van der Waals surface area contributed by atoms with Gasteiger partial charge in [0.25, 0.3) is 0 Å². The lowest BCUT2D eigenvalue weighted by atomic mass is 10.4. The molecule has 0 saturated heterocycles. The molecule has 0 saturated carbocycles. The van der Waals surface area contributed by atoms with Crippen LogP contribution >= 0.6 is 0 Å². The standard InChI is InChI=1S/C7H13N5O/c1-12-5-10-7(11-12)2-3-9-4-6(8)13/h5,9H,2-4H2,1H3,(H2,8,13). The van der Waals surface area contributed by atoms with Crippen molar-refractivity contribution in [3.8, 4) is 0 Å². The van der Waals surface area contributed by atoms with Gasteiger partial charge in [-0.05, 0) is 0 Å². The van der Waals surface area contributed by atoms with Gasteiger partial charge in [0.15, 0.2) is 5.82 Å². The Kier molecular flexibility index (Phi) is 3.39. The largest absolute Gasteiger partial charge is 0.369 e. The number of carbonyl (C=O) groups is 1. The average molecular weight is 183 g/mol. The van der Waals surface area contributed by atoms with E-state index in [4.69, 9.17) is 5.73 Å². The summed E-state index contributed by atoms with van der Waals surface area (Å²) in [6.07, 6.45) is 2.34. The molecule has 6 heteroatoms. The van der Waals surface area contributed by atoms with Crippen molar-refractivity contribution in [1.82, 2.24) is 20.1 Å². The molecule has 0 aliphatic heterocycles. The molecule has 0 unspecified atom stereocenters. The van der Waals surface area contributed by atoms with Crippen LogP contribution in [0.15, 0.2) is 6.33 Å². The van der Waals surface area contributed by atoms with Gasteiger partial charge in [0.1, 0.15) is 6.33 Å². The summed E-state index contributed by atoms with van der Waals surface area (Å²) < 4.78 is 1.64. The Hall–Kier alpha value is -1.43. The van der Waals surface area contributed by atoms with Gasteiger partial charge in [-0.15, -0.1) is 0 Å². The first-order chi connectivity index (χ1) is 6.18. The summed E-state index contributed by atoms with van der Waals surface area (Å²) in [6, 6.07) is 0. The lowest BCUT2D eigenvalue weighted by Gasteiger charge is -1.97. The molecular formula is C7H13N5O. The number of aromatic nitrogens is 3. The predicted octanol–water partition coefficient (Wildman–Crippen LogP) is -1.57. The molecular weight excluding hydrogens is 170 g/mol. The minimum absolute atomic E-state index is 0.201. The van der Waals surface area contributed by atoms with E-state index in [1.54, 1.807) is 11.0 Å². The molecule has 0 spiro atoms. The van der Waals surface area contributed by atoms with E-state index in [2.05, 4.69) is 15.4 Å². The average Bonchev–Trinajstić information content (AvgIpc) is 2.45. The van der Waals surface area contributed by atoms with Crippen LogP contribution in [0.2, 0.25) is 0 Å². The topological polar surface area (TPSA) is 85.8 Å². The molecule has 72 valence electrons. The third-order valence-electron chi connectivity index (χ3n) is 1.47. The number of nitrogens with zero attached hydrogens (tertiary/aromatic N) is 3. The number of amides is 1. The quantitative estimate of drug-likeness (QED) is 0.540. The molecule has 1 amide bonds. The van der Waals surface area contributed by atoms with Gasteiger partial charge in [-0.1, -0.05) is 0 Å². The number of carbonyl (C=O) groups excluding carboxylic acids is 1. The van der Waals surface area contributed by atoms with Crippen LogP contribution in [0, 0.1) is 0 Å². The van der Waals surface area contributed by atoms with E-state index in [1.807, 2.05) is 7.05 Å². The molecule has 1 rings (SSSR count). The van der Waals surface area contributed by atoms with Gasteiger partial charge in [0.05, 0.1) is 6.54 Å². The highest BCUT2D eigenvalue weighted by molar-refractivity contribution is 5.75. The third kappa shape index (κ3) is 3.66. The summed E-state index contributed by atoms with van der Waals surface area (Å²) in [7, 11) is 1.81. The smallest absolute Gasteiger partial charge is 0.231 e. The maximum absolute atomic E-state index is 10.3. The normalized spacial score (nSPS) is 10.2. The number of rotatable bonds is 5. The van der Waals surface area contributed by atoms with Crippen molar-refractivity contribution in [1.29, 1.82) is 0 Å². The zero-order valence-corrected chi connectivity index (χ0v) is 7.53. The number of nitrogens with two attached hydrogens (primary N) is 1. The summed E-state index contributed by atoms with van der Waals surface area (Å²) in [5.41, 5.74) is 4.94. The Balaban J connectivity index is 2.16. The molecule has 0 aromatic carbocycles. The van der Waals surface area contributed by atoms with Gasteiger partial charge in [0.2, 0.25) is 5.91 Å². The van der Waals surface area contributed by atoms with Gasteiger partial charge in [-0.2, -0.15) is 5.10 Å². The monoisotopic (exact) mass is 183 g/mol. The van der Waals surface area contributed by atoms with Crippen LogP contribution < -0.4 is 11.1 Å². The van der Waals surface area contributed by atoms with Gasteiger partial charge < -0.3 is 11.1 Å². The van der Waals surface area contributed by atoms with Crippen molar-refractivity contribution in [2.75, 3.05) is 13.1 Å². The van der Waals surface area contributed by atoms with E-state index in [1.165, 1.54) is 0 Å². The molecule has 0 fully saturated rings. The van der Waals surface area contributed by atoms with Crippen LogP contribution in [0.5, 0.6) is 0 Å². The fourth-order valence-corrected chi connectivity index (χ4v) is 0.910. The number of nitrogens with one attached hydrogen (secondary N) is 1. The van der Waals surface area contributed by atoms with E-state index in [9.17, 15) is 4.79 Å². The van der Waals surface area contributed by atoms with Crippen molar-refractivity contribution in [3.63, 3.8) is 0 Å². The second-order valence-electron chi connectivity index (χ2n) is 2.73. The van der Waals surface area contributed by atoms with Crippen LogP contribution in [-0.2, 0) is 18.3 Å². The molecule has 0 radical (unpaired) electrons. The first kappa shape index (κ1) is 9.66. The molecule has 1 heterocycles. The Morgan fingerprint density at radius 3 is 3.08 bits per heavy atom. The number of hydrogen-bond acceptors (Lipinski definition) is 4. The maximum atomic E-state index is 10.3. The molecule has 0 aliphatic rings. The highest BCUT2D eigenvalue weighted by atomic mass is 16.1. The first-order valence-electron chi connectivity index (χ1n) is 4.02. The lowest BCUT2D eigenvalue weighted by Crippen LogP contribution is -2.30. The SMILES string of the molecule is Cn1cnc(CCNCC(N)=O)n1. The fraction of sp³-hybridized carbons (Fsp3) is 0.571. The minimum Gasteiger partial charge on any atom is -0.369 e. The molecule has 0 bridgehead atoms. The van der Waals surface area contributed by atoms with Crippen LogP contribution in [0.1, 0.15) is 5.82 Å². The molecule has 13 heavy (non-hydrogen) atoms. The summed E-state index contributed by atoms with van der Waals surface area (Å²) in [5.74, 6) is 0.411. The van der Waals surface area contributed by atoms with Crippen LogP contribution in [0.25, 0.3) is 0 Å². The van der Waals surface area contributed by atoms with Crippen molar-refractivity contribution in [3.05, 3.63) is 12.2 Å². The van der Waals surface area contributed by atoms with E-state index in [0.717, 1.165) is 5.82 Å². The Morgan fingerprint density at radius 2 is 2.54 bits per heavy atom. The van der Waals surface area contributed by atoms with Gasteiger partial charge in [-0.3, -0.25) is 9.48 Å². The first-order valence-corrected chi connectivity index (χ1v) is 4.02. The minimum atomic E-state index is -0.353. The number of hydrogen-bond donors (Lipinski definition) is 2. The third-order valence-corrected chi connectivity index (χ3v) is 1.47. The van der Waals surface area contributed by atoms with Crippen molar-refractivity contribution < 1.29 is 4.79 Å². The second kappa shape index (κ2) is 4.56. The van der Waals surface area contributed by atoms with Crippen LogP contribution in [-0.4, -0.2) is 33.8 Å². The van der Waals surface area contributed by atoms with Crippen molar-refractivity contribution >= 4 is 5.91 Å². The highest BCUT2D eigenvalue weighted by Crippen LogP contribution is 1.87. The van der Waals surface area contributed by atoms with Gasteiger partial charge in [-0.25, -0.2) is 4.98 Å². The highest BCUT2D eigenvalue weighted by Gasteiger charge is 1.98. The van der Waals surface area contributed by atoms with Gasteiger partial charge >= 0.3 is 0 Å². The summed E-state index contributed by atoms with van der Waals surface area (Å²) in [6.45, 7) is 0.861. The Bertz CT molecular complexity index is 282. The van der Waals surface area contributed by atoms with Crippen molar-refractivity contribution in [2.24, 2.45) is 12.8 Å². The molecule has 6 nitrogen and oxygen atoms in total. The molecule has 3 N–H and O–H groups in total. The van der Waals surface area contributed by atoms with E-state index in [-0.39, 0.29) is 12.5 Å². The molecule has 1 aromatic rings. The molecule has 1 aromatic heterocycles. The lowest BCUT2D eigenvalue weighted by molar-refractivity contribution is -0.117. The molecule has 0 aliphatic carbocycles. The Labute approximate surface area is 76.1 Å². The predicted molar refractivity (Wildman–Crippen MR) is 46.8 cm³/mol. The Morgan fingerprint density at radius 1 is 1.77 bits per heavy atom. The van der Waals surface area contributed by atoms with Crippen LogP contribution in [0.4, 0.5) is 0 Å².